The van der Waals surface area contributed by atoms with Crippen molar-refractivity contribution in [1.29, 1.82) is 0 Å². The lowest BCUT2D eigenvalue weighted by Crippen LogP contribution is -2.12. The van der Waals surface area contributed by atoms with Gasteiger partial charge in [0.1, 0.15) is 11.4 Å². The van der Waals surface area contributed by atoms with Crippen molar-refractivity contribution in [1.82, 2.24) is 0 Å². The zero-order valence-electron chi connectivity index (χ0n) is 11.2. The van der Waals surface area contributed by atoms with Gasteiger partial charge in [-0.05, 0) is 23.1 Å². The Hall–Kier alpha value is -1.68. The summed E-state index contributed by atoms with van der Waals surface area (Å²) in [5, 5.41) is 9.39. The number of benzene rings is 1. The van der Waals surface area contributed by atoms with E-state index in [1.807, 2.05) is 12.1 Å². The van der Waals surface area contributed by atoms with E-state index < -0.39 is 0 Å². The third kappa shape index (κ3) is 3.17. The normalized spacial score (nSPS) is 11.8. The molecule has 0 unspecified atom stereocenters. The van der Waals surface area contributed by atoms with Crippen molar-refractivity contribution in [3.8, 4) is 5.75 Å². The highest BCUT2D eigenvalue weighted by Gasteiger charge is 2.18. The summed E-state index contributed by atoms with van der Waals surface area (Å²) in [5.41, 5.74) is 2.19. The number of carbonyl (C=O) groups excluding carboxylic acids is 1. The summed E-state index contributed by atoms with van der Waals surface area (Å²) in [6, 6.07) is 3.77. The highest BCUT2D eigenvalue weighted by Crippen LogP contribution is 2.36. The van der Waals surface area contributed by atoms with Crippen molar-refractivity contribution in [3.05, 3.63) is 23.3 Å². The predicted molar refractivity (Wildman–Crippen MR) is 71.8 cm³/mol. The van der Waals surface area contributed by atoms with Gasteiger partial charge in [-0.1, -0.05) is 20.8 Å². The molecule has 98 valence electrons. The summed E-state index contributed by atoms with van der Waals surface area (Å²) < 4.78 is 5.24. The van der Waals surface area contributed by atoms with Crippen LogP contribution in [-0.2, 0) is 16.8 Å². The minimum absolute atomic E-state index is 0.0678. The van der Waals surface area contributed by atoms with Crippen LogP contribution in [0.5, 0.6) is 5.75 Å². The maximum atomic E-state index is 10.4. The Morgan fingerprint density at radius 2 is 2.06 bits per heavy atom. The number of ether oxygens (including phenoxy) is 1. The SMILES string of the molecule is COc1c(CO)cc(C(C)(C)C)cc1N=CC=O. The lowest BCUT2D eigenvalue weighted by molar-refractivity contribution is -0.102. The molecule has 0 radical (unpaired) electrons. The van der Waals surface area contributed by atoms with Crippen LogP contribution in [0.25, 0.3) is 0 Å². The van der Waals surface area contributed by atoms with E-state index >= 15 is 0 Å². The molecule has 0 aliphatic carbocycles. The van der Waals surface area contributed by atoms with Crippen LogP contribution in [0.15, 0.2) is 17.1 Å². The maximum Gasteiger partial charge on any atom is 0.161 e. The first-order valence-corrected chi connectivity index (χ1v) is 5.74. The van der Waals surface area contributed by atoms with E-state index in [4.69, 9.17) is 4.74 Å². The average molecular weight is 249 g/mol. The summed E-state index contributed by atoms with van der Waals surface area (Å²) in [4.78, 5) is 14.4. The highest BCUT2D eigenvalue weighted by atomic mass is 16.5. The van der Waals surface area contributed by atoms with Gasteiger partial charge < -0.3 is 9.84 Å². The first-order chi connectivity index (χ1) is 8.43. The van der Waals surface area contributed by atoms with Gasteiger partial charge in [-0.3, -0.25) is 4.79 Å². The molecule has 0 spiro atoms. The molecular formula is C14H19NO3. The zero-order valence-corrected chi connectivity index (χ0v) is 11.2. The molecule has 1 rings (SSSR count). The molecule has 0 bridgehead atoms. The number of aliphatic imine (C=N–C) groups is 1. The van der Waals surface area contributed by atoms with Crippen LogP contribution in [0.1, 0.15) is 31.9 Å². The van der Waals surface area contributed by atoms with Crippen LogP contribution in [0.4, 0.5) is 5.69 Å². The molecule has 0 fully saturated rings. The highest BCUT2D eigenvalue weighted by molar-refractivity contribution is 6.13. The molecule has 0 saturated carbocycles. The molecule has 1 aromatic rings. The number of aliphatic hydroxyl groups excluding tert-OH is 1. The third-order valence-corrected chi connectivity index (χ3v) is 2.66. The number of nitrogens with zero attached hydrogens (tertiary/aromatic N) is 1. The van der Waals surface area contributed by atoms with Crippen molar-refractivity contribution >= 4 is 18.2 Å². The number of rotatable bonds is 4. The number of methoxy groups -OCH3 is 1. The first kappa shape index (κ1) is 14.4. The third-order valence-electron chi connectivity index (χ3n) is 2.66. The van der Waals surface area contributed by atoms with Gasteiger partial charge in [-0.2, -0.15) is 0 Å². The smallest absolute Gasteiger partial charge is 0.161 e. The van der Waals surface area contributed by atoms with E-state index in [-0.39, 0.29) is 12.0 Å². The van der Waals surface area contributed by atoms with Crippen molar-refractivity contribution in [3.63, 3.8) is 0 Å². The lowest BCUT2D eigenvalue weighted by atomic mass is 9.85. The Labute approximate surface area is 107 Å². The standard InChI is InChI=1S/C14H19NO3/c1-14(2,3)11-7-10(9-17)13(18-4)12(8-11)15-5-6-16/h5-8,17H,9H2,1-4H3. The second kappa shape index (κ2) is 5.78. The van der Waals surface area contributed by atoms with E-state index in [2.05, 4.69) is 25.8 Å². The fraction of sp³-hybridized carbons (Fsp3) is 0.429. The van der Waals surface area contributed by atoms with Crippen molar-refractivity contribution < 1.29 is 14.6 Å². The molecule has 4 nitrogen and oxygen atoms in total. The summed E-state index contributed by atoms with van der Waals surface area (Å²) in [6.07, 6.45) is 1.78. The number of hydrogen-bond donors (Lipinski definition) is 1. The van der Waals surface area contributed by atoms with Crippen LogP contribution >= 0.6 is 0 Å². The zero-order chi connectivity index (χ0) is 13.8. The Balaban J connectivity index is 3.45. The average Bonchev–Trinajstić information content (AvgIpc) is 2.33. The van der Waals surface area contributed by atoms with Crippen molar-refractivity contribution in [2.24, 2.45) is 4.99 Å². The van der Waals surface area contributed by atoms with Gasteiger partial charge in [0.05, 0.1) is 19.9 Å². The maximum absolute atomic E-state index is 10.4. The molecular weight excluding hydrogens is 230 g/mol. The predicted octanol–water partition coefficient (Wildman–Crippen LogP) is 2.39. The van der Waals surface area contributed by atoms with Gasteiger partial charge in [0.2, 0.25) is 0 Å². The minimum atomic E-state index is -0.128. The Kier molecular flexibility index (Phi) is 4.62. The molecule has 0 aromatic heterocycles. The summed E-state index contributed by atoms with van der Waals surface area (Å²) in [5.74, 6) is 0.503. The van der Waals surface area contributed by atoms with Gasteiger partial charge >= 0.3 is 0 Å². The lowest BCUT2D eigenvalue weighted by Gasteiger charge is -2.22. The summed E-state index contributed by atoms with van der Waals surface area (Å²) in [7, 11) is 1.52. The molecule has 0 aliphatic rings. The van der Waals surface area contributed by atoms with Crippen molar-refractivity contribution in [2.75, 3.05) is 7.11 Å². The van der Waals surface area contributed by atoms with E-state index in [9.17, 15) is 9.90 Å². The largest absolute Gasteiger partial charge is 0.494 e. The molecule has 1 N–H and O–H groups in total. The molecule has 0 amide bonds. The second-order valence-electron chi connectivity index (χ2n) is 5.01. The van der Waals surface area contributed by atoms with Crippen LogP contribution in [0.2, 0.25) is 0 Å². The van der Waals surface area contributed by atoms with Gasteiger partial charge in [-0.25, -0.2) is 4.99 Å². The molecule has 0 saturated heterocycles. The topological polar surface area (TPSA) is 58.9 Å². The number of hydrogen-bond acceptors (Lipinski definition) is 4. The molecule has 1 aromatic carbocycles. The Bertz CT molecular complexity index is 459. The molecule has 4 heteroatoms. The van der Waals surface area contributed by atoms with E-state index in [1.165, 1.54) is 13.3 Å². The van der Waals surface area contributed by atoms with Crippen LogP contribution in [0, 0.1) is 0 Å². The fourth-order valence-corrected chi connectivity index (χ4v) is 1.67. The quantitative estimate of drug-likeness (QED) is 0.658. The van der Waals surface area contributed by atoms with E-state index in [0.717, 1.165) is 5.56 Å². The van der Waals surface area contributed by atoms with Gasteiger partial charge in [0, 0.05) is 5.56 Å². The number of aliphatic hydroxyl groups is 1. The fourth-order valence-electron chi connectivity index (χ4n) is 1.67. The van der Waals surface area contributed by atoms with E-state index in [1.54, 1.807) is 0 Å². The van der Waals surface area contributed by atoms with Gasteiger partial charge in [-0.15, -0.1) is 0 Å². The molecule has 0 aliphatic heterocycles. The molecule has 0 atom stereocenters. The van der Waals surface area contributed by atoms with Crippen molar-refractivity contribution in [2.45, 2.75) is 32.8 Å². The molecule has 18 heavy (non-hydrogen) atoms. The minimum Gasteiger partial charge on any atom is -0.494 e. The number of aldehydes is 1. The summed E-state index contributed by atoms with van der Waals surface area (Å²) in [6.45, 7) is 6.09. The van der Waals surface area contributed by atoms with Gasteiger partial charge in [0.25, 0.3) is 0 Å². The van der Waals surface area contributed by atoms with Crippen LogP contribution < -0.4 is 4.74 Å². The van der Waals surface area contributed by atoms with Gasteiger partial charge in [0.15, 0.2) is 6.29 Å². The Morgan fingerprint density at radius 1 is 1.39 bits per heavy atom. The second-order valence-corrected chi connectivity index (χ2v) is 5.01. The molecule has 0 heterocycles. The number of carbonyl (C=O) groups is 1. The van der Waals surface area contributed by atoms with E-state index in [0.29, 0.717) is 23.3 Å². The monoisotopic (exact) mass is 249 g/mol. The first-order valence-electron chi connectivity index (χ1n) is 5.74. The summed E-state index contributed by atoms with van der Waals surface area (Å²) >= 11 is 0. The van der Waals surface area contributed by atoms with Crippen LogP contribution in [0.3, 0.4) is 0 Å². The van der Waals surface area contributed by atoms with Crippen LogP contribution in [-0.4, -0.2) is 24.7 Å². The Morgan fingerprint density at radius 3 is 2.50 bits per heavy atom.